The minimum Gasteiger partial charge on any atom is -0.462 e. The Balaban J connectivity index is 1.61. The minimum absolute atomic E-state index is 0.291. The number of benzene rings is 2. The highest BCUT2D eigenvalue weighted by atomic mass is 32.1. The van der Waals surface area contributed by atoms with Crippen LogP contribution in [0.3, 0.4) is 0 Å². The molecule has 146 valence electrons. The third-order valence-corrected chi connectivity index (χ3v) is 5.03. The lowest BCUT2D eigenvalue weighted by atomic mass is 10.2. The molecule has 0 fully saturated rings. The molecule has 0 radical (unpaired) electrons. The fourth-order valence-electron chi connectivity index (χ4n) is 2.73. The molecule has 2 aromatic carbocycles. The van der Waals surface area contributed by atoms with Gasteiger partial charge in [0.25, 0.3) is 0 Å². The van der Waals surface area contributed by atoms with Crippen molar-refractivity contribution < 1.29 is 9.53 Å². The summed E-state index contributed by atoms with van der Waals surface area (Å²) >= 11 is 1.50. The van der Waals surface area contributed by atoms with Gasteiger partial charge >= 0.3 is 5.97 Å². The molecule has 0 saturated heterocycles. The number of nitrogens with zero attached hydrogens (tertiary/aromatic N) is 3. The third-order valence-electron chi connectivity index (χ3n) is 4.08. The Morgan fingerprint density at radius 2 is 1.79 bits per heavy atom. The number of anilines is 5. The number of nitrogens with one attached hydrogen (secondary N) is 2. The maximum Gasteiger partial charge on any atom is 0.340 e. The topological polar surface area (TPSA) is 115 Å². The van der Waals surface area contributed by atoms with Crippen LogP contribution in [0, 0.1) is 0 Å². The number of esters is 1. The molecule has 0 spiro atoms. The normalized spacial score (nSPS) is 10.7. The summed E-state index contributed by atoms with van der Waals surface area (Å²) in [6.45, 7) is 2.05. The van der Waals surface area contributed by atoms with Crippen molar-refractivity contribution in [2.75, 3.05) is 23.0 Å². The van der Waals surface area contributed by atoms with Crippen LogP contribution in [0.4, 0.5) is 28.1 Å². The maximum absolute atomic E-state index is 12.2. The van der Waals surface area contributed by atoms with Crippen molar-refractivity contribution >= 4 is 55.7 Å². The molecule has 8 nitrogen and oxygen atoms in total. The van der Waals surface area contributed by atoms with Crippen molar-refractivity contribution in [3.8, 4) is 0 Å². The van der Waals surface area contributed by atoms with E-state index in [4.69, 9.17) is 10.5 Å². The number of rotatable bonds is 6. The number of hydrogen-bond acceptors (Lipinski definition) is 9. The summed E-state index contributed by atoms with van der Waals surface area (Å²) in [7, 11) is 0. The van der Waals surface area contributed by atoms with E-state index in [2.05, 4.69) is 25.6 Å². The Morgan fingerprint density at radius 3 is 2.59 bits per heavy atom. The fraction of sp³-hybridized carbons (Fsp3) is 0.100. The predicted octanol–water partition coefficient (Wildman–Crippen LogP) is 4.33. The lowest BCUT2D eigenvalue weighted by Crippen LogP contribution is -2.10. The molecule has 2 heterocycles. The summed E-state index contributed by atoms with van der Waals surface area (Å²) in [6.07, 6.45) is 1.39. The first-order valence-electron chi connectivity index (χ1n) is 8.92. The van der Waals surface area contributed by atoms with Gasteiger partial charge in [-0.2, -0.15) is 0 Å². The molecule has 0 aliphatic heterocycles. The monoisotopic (exact) mass is 406 g/mol. The second-order valence-electron chi connectivity index (χ2n) is 5.99. The fourth-order valence-corrected chi connectivity index (χ4v) is 3.59. The van der Waals surface area contributed by atoms with Crippen LogP contribution < -0.4 is 16.4 Å². The second-order valence-corrected chi connectivity index (χ2v) is 7.02. The van der Waals surface area contributed by atoms with Crippen LogP contribution in [0.2, 0.25) is 0 Å². The van der Waals surface area contributed by atoms with Crippen LogP contribution in [0.5, 0.6) is 0 Å². The first kappa shape index (κ1) is 18.6. The van der Waals surface area contributed by atoms with Crippen molar-refractivity contribution in [1.82, 2.24) is 15.0 Å². The standard InChI is InChI=1S/C20H18N6O2S/c1-2-28-19(27)12-7-3-4-8-13(12)24-17-16(21)18(23-11-22-17)26-20-25-14-9-5-6-10-15(14)29-20/h3-11H,2,21H2,1H3,(H2,22,23,24,25,26). The zero-order valence-corrected chi connectivity index (χ0v) is 16.4. The highest BCUT2D eigenvalue weighted by Gasteiger charge is 2.15. The summed E-state index contributed by atoms with van der Waals surface area (Å²) in [4.78, 5) is 25.1. The Morgan fingerprint density at radius 1 is 1.07 bits per heavy atom. The van der Waals surface area contributed by atoms with E-state index in [9.17, 15) is 4.79 Å². The van der Waals surface area contributed by atoms with Crippen LogP contribution in [0.15, 0.2) is 54.9 Å². The van der Waals surface area contributed by atoms with Crippen LogP contribution in [0.1, 0.15) is 17.3 Å². The van der Waals surface area contributed by atoms with Crippen LogP contribution in [-0.4, -0.2) is 27.5 Å². The van der Waals surface area contributed by atoms with Gasteiger partial charge in [0.05, 0.1) is 28.1 Å². The second kappa shape index (κ2) is 8.11. The number of hydrogen-bond donors (Lipinski definition) is 3. The molecule has 4 aromatic rings. The van der Waals surface area contributed by atoms with Crippen molar-refractivity contribution in [1.29, 1.82) is 0 Å². The molecule has 9 heteroatoms. The summed E-state index contributed by atoms with van der Waals surface area (Å²) in [5, 5.41) is 6.92. The van der Waals surface area contributed by atoms with Crippen molar-refractivity contribution in [2.45, 2.75) is 6.92 Å². The number of aromatic nitrogens is 3. The minimum atomic E-state index is -0.420. The van der Waals surface area contributed by atoms with Gasteiger partial charge < -0.3 is 21.1 Å². The lowest BCUT2D eigenvalue weighted by Gasteiger charge is -2.13. The first-order chi connectivity index (χ1) is 14.2. The average molecular weight is 406 g/mol. The summed E-state index contributed by atoms with van der Waals surface area (Å²) in [5.41, 5.74) is 8.42. The number of ether oxygens (including phenoxy) is 1. The zero-order valence-electron chi connectivity index (χ0n) is 15.5. The molecular weight excluding hydrogens is 388 g/mol. The molecule has 0 saturated carbocycles. The van der Waals surface area contributed by atoms with Gasteiger partial charge in [0.15, 0.2) is 16.8 Å². The molecule has 0 atom stereocenters. The van der Waals surface area contributed by atoms with E-state index in [-0.39, 0.29) is 0 Å². The van der Waals surface area contributed by atoms with Gasteiger partial charge in [0, 0.05) is 0 Å². The summed E-state index contributed by atoms with van der Waals surface area (Å²) in [5.74, 6) is 0.381. The lowest BCUT2D eigenvalue weighted by molar-refractivity contribution is 0.0527. The number of fused-ring (bicyclic) bond motifs is 1. The molecular formula is C20H18N6O2S. The van der Waals surface area contributed by atoms with E-state index in [1.54, 1.807) is 25.1 Å². The molecule has 0 amide bonds. The van der Waals surface area contributed by atoms with Gasteiger partial charge in [-0.05, 0) is 31.2 Å². The molecule has 4 rings (SSSR count). The van der Waals surface area contributed by atoms with Crippen molar-refractivity contribution in [3.05, 3.63) is 60.4 Å². The van der Waals surface area contributed by atoms with E-state index in [0.29, 0.717) is 40.3 Å². The van der Waals surface area contributed by atoms with Gasteiger partial charge in [0.2, 0.25) is 0 Å². The number of nitrogen functional groups attached to an aromatic ring is 1. The van der Waals surface area contributed by atoms with Gasteiger partial charge in [0.1, 0.15) is 12.0 Å². The van der Waals surface area contributed by atoms with E-state index in [0.717, 1.165) is 10.2 Å². The number of thiazole rings is 1. The SMILES string of the molecule is CCOC(=O)c1ccccc1Nc1ncnc(Nc2nc3ccccc3s2)c1N. The average Bonchev–Trinajstić information content (AvgIpc) is 3.14. The Kier molecular flexibility index (Phi) is 5.21. The van der Waals surface area contributed by atoms with Crippen LogP contribution in [-0.2, 0) is 4.74 Å². The zero-order chi connectivity index (χ0) is 20.2. The number of carbonyl (C=O) groups is 1. The maximum atomic E-state index is 12.2. The van der Waals surface area contributed by atoms with E-state index >= 15 is 0 Å². The Labute approximate surface area is 170 Å². The van der Waals surface area contributed by atoms with Crippen LogP contribution in [0.25, 0.3) is 10.2 Å². The van der Waals surface area contributed by atoms with Gasteiger partial charge in [-0.15, -0.1) is 0 Å². The molecule has 0 aliphatic carbocycles. The highest BCUT2D eigenvalue weighted by molar-refractivity contribution is 7.22. The van der Waals surface area contributed by atoms with Crippen molar-refractivity contribution in [3.63, 3.8) is 0 Å². The Hall–Kier alpha value is -3.72. The summed E-state index contributed by atoms with van der Waals surface area (Å²) < 4.78 is 6.17. The largest absolute Gasteiger partial charge is 0.462 e. The summed E-state index contributed by atoms with van der Waals surface area (Å²) in [6, 6.07) is 14.9. The molecule has 0 aliphatic rings. The van der Waals surface area contributed by atoms with E-state index in [1.807, 2.05) is 30.3 Å². The molecule has 2 aromatic heterocycles. The van der Waals surface area contributed by atoms with Crippen molar-refractivity contribution in [2.24, 2.45) is 0 Å². The Bertz CT molecular complexity index is 1140. The number of para-hydroxylation sites is 2. The predicted molar refractivity (Wildman–Crippen MR) is 115 cm³/mol. The highest BCUT2D eigenvalue weighted by Crippen LogP contribution is 2.32. The van der Waals surface area contributed by atoms with Crippen LogP contribution >= 0.6 is 11.3 Å². The molecule has 29 heavy (non-hydrogen) atoms. The number of nitrogens with two attached hydrogens (primary N) is 1. The van der Waals surface area contributed by atoms with Gasteiger partial charge in [-0.3, -0.25) is 0 Å². The van der Waals surface area contributed by atoms with E-state index in [1.165, 1.54) is 17.7 Å². The molecule has 0 bridgehead atoms. The molecule has 4 N–H and O–H groups in total. The third kappa shape index (κ3) is 3.94. The number of carbonyl (C=O) groups excluding carboxylic acids is 1. The quantitative estimate of drug-likeness (QED) is 0.405. The molecule has 0 unspecified atom stereocenters. The van der Waals surface area contributed by atoms with E-state index < -0.39 is 5.97 Å². The first-order valence-corrected chi connectivity index (χ1v) is 9.73. The van der Waals surface area contributed by atoms with Gasteiger partial charge in [-0.25, -0.2) is 19.7 Å². The van der Waals surface area contributed by atoms with Gasteiger partial charge in [-0.1, -0.05) is 35.6 Å². The smallest absolute Gasteiger partial charge is 0.340 e.